The van der Waals surface area contributed by atoms with Crippen LogP contribution in [0.5, 0.6) is 17.2 Å². The molecule has 3 rings (SSSR count). The second kappa shape index (κ2) is 13.0. The lowest BCUT2D eigenvalue weighted by Crippen LogP contribution is -2.61. The van der Waals surface area contributed by atoms with Crippen LogP contribution in [-0.2, 0) is 19.1 Å². The van der Waals surface area contributed by atoms with E-state index in [1.165, 1.54) is 37.5 Å². The number of carbonyl (C=O) groups excluding carboxylic acids is 2. The van der Waals surface area contributed by atoms with Gasteiger partial charge in [-0.1, -0.05) is 30.4 Å². The Morgan fingerprint density at radius 2 is 1.50 bits per heavy atom. The standard InChI is InChI=1S/C27H28O11/c1-35-19-5-3-4-15(12-19)6-9-17(28)14-18(29)10-7-16-8-11-20(21(13-16)36-2)37-27-24(32)22(30)23(31)25(38-27)26(33)34/h3-13,22-25,27,30-32H,14H2,1-2H3,(H,33,34)/b9-6+,10-7+. The molecule has 0 spiro atoms. The predicted octanol–water partition coefficient (Wildman–Crippen LogP) is 1.23. The highest BCUT2D eigenvalue weighted by Crippen LogP contribution is 2.32. The molecule has 1 heterocycles. The minimum Gasteiger partial charge on any atom is -0.497 e. The molecule has 0 aromatic heterocycles. The number of aliphatic hydroxyl groups excluding tert-OH is 3. The summed E-state index contributed by atoms with van der Waals surface area (Å²) in [4.78, 5) is 35.7. The summed E-state index contributed by atoms with van der Waals surface area (Å²) in [7, 11) is 2.88. The van der Waals surface area contributed by atoms with Gasteiger partial charge in [-0.3, -0.25) is 9.59 Å². The summed E-state index contributed by atoms with van der Waals surface area (Å²) in [5.74, 6) is -1.49. The number of benzene rings is 2. The van der Waals surface area contributed by atoms with Crippen LogP contribution in [0, 0.1) is 0 Å². The molecule has 1 aliphatic heterocycles. The molecule has 202 valence electrons. The number of hydrogen-bond acceptors (Lipinski definition) is 10. The van der Waals surface area contributed by atoms with Gasteiger partial charge >= 0.3 is 5.97 Å². The minimum absolute atomic E-state index is 0.0469. The minimum atomic E-state index is -1.85. The Balaban J connectivity index is 1.63. The van der Waals surface area contributed by atoms with Crippen LogP contribution in [0.1, 0.15) is 17.5 Å². The number of carbonyl (C=O) groups is 3. The fourth-order valence-corrected chi connectivity index (χ4v) is 3.57. The van der Waals surface area contributed by atoms with E-state index >= 15 is 0 Å². The first-order chi connectivity index (χ1) is 18.1. The van der Waals surface area contributed by atoms with Gasteiger partial charge in [0.2, 0.25) is 6.29 Å². The van der Waals surface area contributed by atoms with E-state index < -0.39 is 42.5 Å². The van der Waals surface area contributed by atoms with Crippen LogP contribution in [0.15, 0.2) is 54.6 Å². The molecule has 0 amide bonds. The molecule has 11 heteroatoms. The first kappa shape index (κ1) is 28.5. The Kier molecular flexibility index (Phi) is 9.74. The van der Waals surface area contributed by atoms with Crippen LogP contribution in [0.25, 0.3) is 12.2 Å². The van der Waals surface area contributed by atoms with Crippen LogP contribution in [0.4, 0.5) is 0 Å². The molecule has 38 heavy (non-hydrogen) atoms. The molecular weight excluding hydrogens is 500 g/mol. The number of allylic oxidation sites excluding steroid dienone is 2. The van der Waals surface area contributed by atoms with Gasteiger partial charge < -0.3 is 39.4 Å². The Hall–Kier alpha value is -4.03. The molecular formula is C27H28O11. The largest absolute Gasteiger partial charge is 0.497 e. The number of methoxy groups -OCH3 is 2. The number of hydrogen-bond donors (Lipinski definition) is 4. The smallest absolute Gasteiger partial charge is 0.335 e. The van der Waals surface area contributed by atoms with Gasteiger partial charge in [-0.05, 0) is 47.5 Å². The van der Waals surface area contributed by atoms with Gasteiger partial charge in [0, 0.05) is 0 Å². The number of aliphatic hydroxyl groups is 3. The van der Waals surface area contributed by atoms with Gasteiger partial charge in [-0.15, -0.1) is 0 Å². The highest BCUT2D eigenvalue weighted by Gasteiger charge is 2.48. The van der Waals surface area contributed by atoms with E-state index in [1.54, 1.807) is 43.5 Å². The van der Waals surface area contributed by atoms with E-state index in [9.17, 15) is 34.8 Å². The van der Waals surface area contributed by atoms with E-state index in [1.807, 2.05) is 0 Å². The molecule has 1 aliphatic rings. The van der Waals surface area contributed by atoms with E-state index in [2.05, 4.69) is 0 Å². The lowest BCUT2D eigenvalue weighted by molar-refractivity contribution is -0.271. The first-order valence-corrected chi connectivity index (χ1v) is 11.5. The topological polar surface area (TPSA) is 169 Å². The molecule has 5 unspecified atom stereocenters. The average molecular weight is 529 g/mol. The molecule has 0 radical (unpaired) electrons. The van der Waals surface area contributed by atoms with Gasteiger partial charge in [-0.25, -0.2) is 4.79 Å². The zero-order valence-corrected chi connectivity index (χ0v) is 20.6. The third-order valence-corrected chi connectivity index (χ3v) is 5.61. The average Bonchev–Trinajstić information content (AvgIpc) is 2.91. The molecule has 2 aromatic carbocycles. The second-order valence-electron chi connectivity index (χ2n) is 8.32. The number of rotatable bonds is 11. The third kappa shape index (κ3) is 7.26. The maximum atomic E-state index is 12.2. The lowest BCUT2D eigenvalue weighted by Gasteiger charge is -2.38. The quantitative estimate of drug-likeness (QED) is 0.244. The van der Waals surface area contributed by atoms with Gasteiger partial charge in [0.1, 0.15) is 24.1 Å². The van der Waals surface area contributed by atoms with Crippen LogP contribution in [0.2, 0.25) is 0 Å². The predicted molar refractivity (Wildman–Crippen MR) is 134 cm³/mol. The summed E-state index contributed by atoms with van der Waals surface area (Å²) in [5.41, 5.74) is 1.27. The van der Waals surface area contributed by atoms with Crippen LogP contribution >= 0.6 is 0 Å². The van der Waals surface area contributed by atoms with Crippen molar-refractivity contribution in [3.8, 4) is 17.2 Å². The molecule has 0 saturated carbocycles. The number of carboxylic acids is 1. The fourth-order valence-electron chi connectivity index (χ4n) is 3.57. The molecule has 4 N–H and O–H groups in total. The first-order valence-electron chi connectivity index (χ1n) is 11.5. The van der Waals surface area contributed by atoms with E-state index in [0.29, 0.717) is 11.3 Å². The third-order valence-electron chi connectivity index (χ3n) is 5.61. The maximum absolute atomic E-state index is 12.2. The summed E-state index contributed by atoms with van der Waals surface area (Å²) in [5, 5.41) is 39.1. The van der Waals surface area contributed by atoms with Crippen molar-refractivity contribution in [1.82, 2.24) is 0 Å². The molecule has 0 aliphatic carbocycles. The zero-order chi connectivity index (χ0) is 27.8. The van der Waals surface area contributed by atoms with Crippen molar-refractivity contribution in [3.05, 3.63) is 65.7 Å². The van der Waals surface area contributed by atoms with Crippen LogP contribution in [-0.4, -0.2) is 82.9 Å². The normalized spacial score (nSPS) is 23.3. The number of ether oxygens (including phenoxy) is 4. The van der Waals surface area contributed by atoms with E-state index in [-0.39, 0.29) is 23.7 Å². The summed E-state index contributed by atoms with van der Waals surface area (Å²) >= 11 is 0. The molecule has 2 aromatic rings. The Morgan fingerprint density at radius 1 is 0.842 bits per heavy atom. The number of carboxylic acid groups (broad SMARTS) is 1. The van der Waals surface area contributed by atoms with Crippen molar-refractivity contribution in [3.63, 3.8) is 0 Å². The summed E-state index contributed by atoms with van der Waals surface area (Å²) in [6.45, 7) is 0. The van der Waals surface area contributed by atoms with E-state index in [4.69, 9.17) is 18.9 Å². The SMILES string of the molecule is COc1cccc(/C=C/C(=O)CC(=O)/C=C/c2ccc(OC3OC(C(=O)O)C(O)C(O)C3O)c(OC)c2)c1. The maximum Gasteiger partial charge on any atom is 0.335 e. The van der Waals surface area contributed by atoms with Crippen molar-refractivity contribution in [2.75, 3.05) is 14.2 Å². The van der Waals surface area contributed by atoms with Crippen LogP contribution < -0.4 is 14.2 Å². The fraction of sp³-hybridized carbons (Fsp3) is 0.296. The van der Waals surface area contributed by atoms with Gasteiger partial charge in [0.25, 0.3) is 0 Å². The van der Waals surface area contributed by atoms with Crippen molar-refractivity contribution < 1.29 is 53.8 Å². The Bertz CT molecular complexity index is 1220. The Labute approximate surface area is 218 Å². The van der Waals surface area contributed by atoms with Gasteiger partial charge in [0.15, 0.2) is 29.2 Å². The van der Waals surface area contributed by atoms with Gasteiger partial charge in [0.05, 0.1) is 20.6 Å². The second-order valence-corrected chi connectivity index (χ2v) is 8.32. The zero-order valence-electron chi connectivity index (χ0n) is 20.6. The molecule has 0 bridgehead atoms. The summed E-state index contributed by atoms with van der Waals surface area (Å²) in [6, 6.07) is 11.6. The molecule has 11 nitrogen and oxygen atoms in total. The van der Waals surface area contributed by atoms with Crippen molar-refractivity contribution in [2.45, 2.75) is 37.1 Å². The van der Waals surface area contributed by atoms with Gasteiger partial charge in [-0.2, -0.15) is 0 Å². The highest BCUT2D eigenvalue weighted by atomic mass is 16.7. The lowest BCUT2D eigenvalue weighted by atomic mass is 9.99. The van der Waals surface area contributed by atoms with Crippen LogP contribution in [0.3, 0.4) is 0 Å². The molecule has 1 saturated heterocycles. The Morgan fingerprint density at radius 3 is 2.11 bits per heavy atom. The molecule has 5 atom stereocenters. The number of ketones is 2. The van der Waals surface area contributed by atoms with E-state index in [0.717, 1.165) is 5.56 Å². The molecule has 1 fully saturated rings. The summed E-state index contributed by atoms with van der Waals surface area (Å²) < 4.78 is 21.0. The highest BCUT2D eigenvalue weighted by molar-refractivity contribution is 6.10. The van der Waals surface area contributed by atoms with Crippen molar-refractivity contribution in [1.29, 1.82) is 0 Å². The summed E-state index contributed by atoms with van der Waals surface area (Å²) in [6.07, 6.45) is -3.52. The number of aliphatic carboxylic acids is 1. The van der Waals surface area contributed by atoms with Crippen molar-refractivity contribution >= 4 is 29.7 Å². The monoisotopic (exact) mass is 528 g/mol. The van der Waals surface area contributed by atoms with Crippen molar-refractivity contribution in [2.24, 2.45) is 0 Å².